The lowest BCUT2D eigenvalue weighted by atomic mass is 9.98. The predicted octanol–water partition coefficient (Wildman–Crippen LogP) is 5.14. The van der Waals surface area contributed by atoms with Crippen molar-refractivity contribution in [3.63, 3.8) is 0 Å². The summed E-state index contributed by atoms with van der Waals surface area (Å²) < 4.78 is 0. The number of anilines is 1. The molecular weight excluding hydrogens is 340 g/mol. The minimum Gasteiger partial charge on any atom is -0.372 e. The van der Waals surface area contributed by atoms with Crippen molar-refractivity contribution in [2.75, 3.05) is 24.2 Å². The van der Waals surface area contributed by atoms with Gasteiger partial charge in [-0.2, -0.15) is 0 Å². The first-order chi connectivity index (χ1) is 12.6. The van der Waals surface area contributed by atoms with E-state index in [2.05, 4.69) is 41.4 Å². The number of nitrogens with one attached hydrogen (secondary N) is 1. The molecule has 0 spiro atoms. The minimum atomic E-state index is -0.0205. The zero-order valence-electron chi connectivity index (χ0n) is 15.9. The van der Waals surface area contributed by atoms with Crippen LogP contribution in [0.25, 0.3) is 0 Å². The van der Waals surface area contributed by atoms with E-state index in [9.17, 15) is 4.79 Å². The second-order valence-electron chi connectivity index (χ2n) is 7.16. The van der Waals surface area contributed by atoms with Gasteiger partial charge in [0.05, 0.1) is 11.6 Å². The number of benzene rings is 2. The summed E-state index contributed by atoms with van der Waals surface area (Å²) in [6.07, 6.45) is 4.53. The van der Waals surface area contributed by atoms with Crippen LogP contribution in [0.1, 0.15) is 48.7 Å². The van der Waals surface area contributed by atoms with Gasteiger partial charge < -0.3 is 10.2 Å². The fourth-order valence-corrected chi connectivity index (χ4v) is 4.03. The van der Waals surface area contributed by atoms with Gasteiger partial charge >= 0.3 is 0 Å². The normalized spacial score (nSPS) is 16.3. The highest BCUT2D eigenvalue weighted by Crippen LogP contribution is 2.25. The second kappa shape index (κ2) is 8.63. The van der Waals surface area contributed by atoms with E-state index in [0.717, 1.165) is 35.0 Å². The molecule has 2 aromatic carbocycles. The SMILES string of the molecule is CSc1ccccc1C(=O)N[C@H](C)c1ccc(N2CCC(C)CC2)cc1. The Morgan fingerprint density at radius 3 is 2.42 bits per heavy atom. The number of thioether (sulfide) groups is 1. The maximum Gasteiger partial charge on any atom is 0.252 e. The molecule has 1 N–H and O–H groups in total. The Labute approximate surface area is 161 Å². The highest BCUT2D eigenvalue weighted by molar-refractivity contribution is 7.98. The highest BCUT2D eigenvalue weighted by Gasteiger charge is 2.17. The summed E-state index contributed by atoms with van der Waals surface area (Å²) in [5.41, 5.74) is 3.16. The van der Waals surface area contributed by atoms with Crippen molar-refractivity contribution in [3.8, 4) is 0 Å². The number of piperidine rings is 1. The molecule has 0 unspecified atom stereocenters. The number of hydrogen-bond acceptors (Lipinski definition) is 3. The Balaban J connectivity index is 1.64. The molecule has 2 aromatic rings. The van der Waals surface area contributed by atoms with Crippen LogP contribution in [0.4, 0.5) is 5.69 Å². The molecule has 1 atom stereocenters. The van der Waals surface area contributed by atoms with E-state index in [0.29, 0.717) is 0 Å². The number of nitrogens with zero attached hydrogens (tertiary/aromatic N) is 1. The van der Waals surface area contributed by atoms with Crippen LogP contribution >= 0.6 is 11.8 Å². The zero-order chi connectivity index (χ0) is 18.5. The predicted molar refractivity (Wildman–Crippen MR) is 111 cm³/mol. The average molecular weight is 369 g/mol. The quantitative estimate of drug-likeness (QED) is 0.742. The van der Waals surface area contributed by atoms with Crippen molar-refractivity contribution < 1.29 is 4.79 Å². The fourth-order valence-electron chi connectivity index (χ4n) is 3.43. The maximum absolute atomic E-state index is 12.6. The van der Waals surface area contributed by atoms with E-state index in [1.165, 1.54) is 18.5 Å². The van der Waals surface area contributed by atoms with E-state index in [1.807, 2.05) is 37.4 Å². The molecule has 3 rings (SSSR count). The van der Waals surface area contributed by atoms with Crippen molar-refractivity contribution in [3.05, 3.63) is 59.7 Å². The Morgan fingerprint density at radius 2 is 1.77 bits per heavy atom. The van der Waals surface area contributed by atoms with Crippen molar-refractivity contribution in [2.45, 2.75) is 37.6 Å². The van der Waals surface area contributed by atoms with Gasteiger partial charge in [-0.05, 0) is 61.8 Å². The molecule has 1 heterocycles. The van der Waals surface area contributed by atoms with Crippen LogP contribution < -0.4 is 10.2 Å². The Morgan fingerprint density at radius 1 is 1.12 bits per heavy atom. The topological polar surface area (TPSA) is 32.3 Å². The summed E-state index contributed by atoms with van der Waals surface area (Å²) >= 11 is 1.60. The smallest absolute Gasteiger partial charge is 0.252 e. The summed E-state index contributed by atoms with van der Waals surface area (Å²) in [5.74, 6) is 0.821. The van der Waals surface area contributed by atoms with Crippen LogP contribution in [0.3, 0.4) is 0 Å². The monoisotopic (exact) mass is 368 g/mol. The van der Waals surface area contributed by atoms with Gasteiger partial charge in [-0.3, -0.25) is 4.79 Å². The first-order valence-corrected chi connectivity index (χ1v) is 10.6. The van der Waals surface area contributed by atoms with Gasteiger partial charge in [-0.25, -0.2) is 0 Å². The van der Waals surface area contributed by atoms with Crippen molar-refractivity contribution in [2.24, 2.45) is 5.92 Å². The van der Waals surface area contributed by atoms with E-state index in [1.54, 1.807) is 11.8 Å². The van der Waals surface area contributed by atoms with Gasteiger partial charge in [0, 0.05) is 23.7 Å². The second-order valence-corrected chi connectivity index (χ2v) is 8.00. The molecular formula is C22H28N2OS. The number of amides is 1. The Kier molecular flexibility index (Phi) is 6.25. The molecule has 0 aromatic heterocycles. The van der Waals surface area contributed by atoms with Gasteiger partial charge in [0.1, 0.15) is 0 Å². The first kappa shape index (κ1) is 18.8. The van der Waals surface area contributed by atoms with Crippen LogP contribution in [-0.4, -0.2) is 25.3 Å². The standard InChI is InChI=1S/C22H28N2OS/c1-16-12-14-24(15-13-16)19-10-8-18(9-11-19)17(2)23-22(25)20-6-4-5-7-21(20)26-3/h4-11,16-17H,12-15H2,1-3H3,(H,23,25)/t17-/m1/s1. The van der Waals surface area contributed by atoms with Crippen LogP contribution in [0.15, 0.2) is 53.4 Å². The lowest BCUT2D eigenvalue weighted by Gasteiger charge is -2.32. The van der Waals surface area contributed by atoms with Crippen LogP contribution in [-0.2, 0) is 0 Å². The molecule has 3 nitrogen and oxygen atoms in total. The molecule has 1 amide bonds. The summed E-state index contributed by atoms with van der Waals surface area (Å²) in [6.45, 7) is 6.65. The van der Waals surface area contributed by atoms with Gasteiger partial charge in [0.25, 0.3) is 5.91 Å². The van der Waals surface area contributed by atoms with E-state index in [4.69, 9.17) is 0 Å². The number of rotatable bonds is 5. The minimum absolute atomic E-state index is 0.0171. The third-order valence-electron chi connectivity index (χ3n) is 5.24. The molecule has 0 aliphatic carbocycles. The van der Waals surface area contributed by atoms with E-state index in [-0.39, 0.29) is 11.9 Å². The summed E-state index contributed by atoms with van der Waals surface area (Å²) in [6, 6.07) is 16.4. The third-order valence-corrected chi connectivity index (χ3v) is 6.04. The molecule has 26 heavy (non-hydrogen) atoms. The van der Waals surface area contributed by atoms with E-state index >= 15 is 0 Å². The molecule has 0 saturated carbocycles. The molecule has 0 radical (unpaired) electrons. The van der Waals surface area contributed by atoms with Gasteiger partial charge in [-0.15, -0.1) is 11.8 Å². The molecule has 1 fully saturated rings. The number of carbonyl (C=O) groups is 1. The summed E-state index contributed by atoms with van der Waals surface area (Å²) in [7, 11) is 0. The molecule has 4 heteroatoms. The Hall–Kier alpha value is -1.94. The van der Waals surface area contributed by atoms with Crippen molar-refractivity contribution >= 4 is 23.4 Å². The molecule has 1 saturated heterocycles. The fraction of sp³-hybridized carbons (Fsp3) is 0.409. The van der Waals surface area contributed by atoms with Crippen LogP contribution in [0.2, 0.25) is 0 Å². The molecule has 0 bridgehead atoms. The van der Waals surface area contributed by atoms with Crippen LogP contribution in [0.5, 0.6) is 0 Å². The first-order valence-electron chi connectivity index (χ1n) is 9.37. The Bertz CT molecular complexity index is 736. The van der Waals surface area contributed by atoms with Gasteiger partial charge in [0.15, 0.2) is 0 Å². The summed E-state index contributed by atoms with van der Waals surface area (Å²) in [4.78, 5) is 16.1. The highest BCUT2D eigenvalue weighted by atomic mass is 32.2. The summed E-state index contributed by atoms with van der Waals surface area (Å²) in [5, 5.41) is 3.13. The molecule has 1 aliphatic heterocycles. The molecule has 138 valence electrons. The average Bonchev–Trinajstić information content (AvgIpc) is 2.68. The lowest BCUT2D eigenvalue weighted by molar-refractivity contribution is 0.0937. The van der Waals surface area contributed by atoms with Crippen molar-refractivity contribution in [1.29, 1.82) is 0 Å². The largest absolute Gasteiger partial charge is 0.372 e. The number of hydrogen-bond donors (Lipinski definition) is 1. The maximum atomic E-state index is 12.6. The third kappa shape index (κ3) is 4.42. The number of carbonyl (C=O) groups excluding carboxylic acids is 1. The van der Waals surface area contributed by atoms with E-state index < -0.39 is 0 Å². The van der Waals surface area contributed by atoms with Crippen molar-refractivity contribution in [1.82, 2.24) is 5.32 Å². The lowest BCUT2D eigenvalue weighted by Crippen LogP contribution is -2.32. The molecule has 1 aliphatic rings. The van der Waals surface area contributed by atoms with Crippen LogP contribution in [0, 0.1) is 5.92 Å². The van der Waals surface area contributed by atoms with Gasteiger partial charge in [-0.1, -0.05) is 31.2 Å². The zero-order valence-corrected chi connectivity index (χ0v) is 16.7. The van der Waals surface area contributed by atoms with Gasteiger partial charge in [0.2, 0.25) is 0 Å².